The molecular weight excluding hydrogens is 1290 g/mol. The highest BCUT2D eigenvalue weighted by molar-refractivity contribution is 7.47. The molecule has 0 aromatic rings. The molecule has 19 heteroatoms. The maximum absolute atomic E-state index is 13.1. The second kappa shape index (κ2) is 69.1. The highest BCUT2D eigenvalue weighted by Crippen LogP contribution is 2.45. The third-order valence-electron chi connectivity index (χ3n) is 19.7. The Bertz CT molecular complexity index is 1940. The van der Waals surface area contributed by atoms with Crippen LogP contribution in [-0.2, 0) is 65.4 Å². The van der Waals surface area contributed by atoms with E-state index in [1.54, 1.807) is 0 Å². The number of phosphoric ester groups is 2. The van der Waals surface area contributed by atoms with Crippen molar-refractivity contribution in [3.63, 3.8) is 0 Å². The normalized spacial score (nSPS) is 14.9. The second-order valence-electron chi connectivity index (χ2n) is 30.0. The number of unbranched alkanes of at least 4 members (excludes halogenated alkanes) is 40. The molecule has 0 rings (SSSR count). The zero-order chi connectivity index (χ0) is 73.1. The van der Waals surface area contributed by atoms with E-state index >= 15 is 0 Å². The van der Waals surface area contributed by atoms with Gasteiger partial charge in [-0.2, -0.15) is 0 Å². The van der Waals surface area contributed by atoms with Gasteiger partial charge < -0.3 is 33.8 Å². The van der Waals surface area contributed by atoms with Crippen molar-refractivity contribution in [3.8, 4) is 0 Å². The van der Waals surface area contributed by atoms with E-state index in [0.29, 0.717) is 25.7 Å². The first-order chi connectivity index (χ1) is 47.7. The average molecular weight is 1450 g/mol. The van der Waals surface area contributed by atoms with Crippen LogP contribution in [0.3, 0.4) is 0 Å². The summed E-state index contributed by atoms with van der Waals surface area (Å²) in [5.41, 5.74) is 0. The average Bonchev–Trinajstić information content (AvgIpc) is 2.51. The molecule has 0 saturated heterocycles. The first kappa shape index (κ1) is 97.1. The van der Waals surface area contributed by atoms with Gasteiger partial charge in [0.15, 0.2) is 12.2 Å². The van der Waals surface area contributed by atoms with Crippen LogP contribution in [0.2, 0.25) is 0 Å². The number of ether oxygens (including phenoxy) is 4. The molecule has 0 fully saturated rings. The van der Waals surface area contributed by atoms with E-state index in [4.69, 9.17) is 37.0 Å². The number of rotatable bonds is 77. The number of aliphatic hydroxyl groups is 1. The molecule has 0 aliphatic heterocycles. The smallest absolute Gasteiger partial charge is 0.462 e. The van der Waals surface area contributed by atoms with Gasteiger partial charge in [0.1, 0.15) is 19.3 Å². The van der Waals surface area contributed by atoms with Crippen molar-refractivity contribution in [2.75, 3.05) is 39.6 Å². The zero-order valence-electron chi connectivity index (χ0n) is 65.1. The lowest BCUT2D eigenvalue weighted by atomic mass is 9.99. The Morgan fingerprint density at radius 1 is 0.283 bits per heavy atom. The predicted octanol–water partition coefficient (Wildman–Crippen LogP) is 23.6. The van der Waals surface area contributed by atoms with Crippen molar-refractivity contribution in [2.24, 2.45) is 23.7 Å². The van der Waals surface area contributed by atoms with Gasteiger partial charge in [-0.1, -0.05) is 357 Å². The molecule has 17 nitrogen and oxygen atoms in total. The molecular formula is C80H156O17P2. The van der Waals surface area contributed by atoms with Crippen LogP contribution < -0.4 is 0 Å². The molecule has 0 saturated carbocycles. The van der Waals surface area contributed by atoms with Crippen LogP contribution in [-0.4, -0.2) is 96.7 Å². The summed E-state index contributed by atoms with van der Waals surface area (Å²) in [5.74, 6) is 1.04. The first-order valence-corrected chi connectivity index (χ1v) is 44.3. The second-order valence-corrected chi connectivity index (χ2v) is 32.9. The largest absolute Gasteiger partial charge is 0.472 e. The van der Waals surface area contributed by atoms with E-state index in [1.807, 2.05) is 0 Å². The molecule has 0 aliphatic carbocycles. The summed E-state index contributed by atoms with van der Waals surface area (Å²) in [6.45, 7) is 14.3. The van der Waals surface area contributed by atoms with Crippen molar-refractivity contribution in [2.45, 2.75) is 427 Å². The SMILES string of the molecule is CCC(C)CCCCCCCCCCCCCCCCC(=O)O[C@H](COC(=O)CCCCCCCCC(C)CC)COP(=O)(O)OC[C@H](O)COP(=O)(O)OC[C@@H](COC(=O)CCCCCCCCCCCCCCCCCCC(C)C)OC(=O)CCCCCCCCCCC(C)CC. The summed E-state index contributed by atoms with van der Waals surface area (Å²) in [6.07, 6.45) is 55.5. The fourth-order valence-corrected chi connectivity index (χ4v) is 13.7. The summed E-state index contributed by atoms with van der Waals surface area (Å²) in [7, 11) is -9.92. The van der Waals surface area contributed by atoms with Gasteiger partial charge in [-0.05, 0) is 49.4 Å². The summed E-state index contributed by atoms with van der Waals surface area (Å²) in [4.78, 5) is 73.0. The number of phosphoric acid groups is 2. The third kappa shape index (κ3) is 70.2. The van der Waals surface area contributed by atoms with Gasteiger partial charge >= 0.3 is 39.5 Å². The van der Waals surface area contributed by atoms with E-state index in [2.05, 4.69) is 55.4 Å². The molecule has 0 amide bonds. The molecule has 99 heavy (non-hydrogen) atoms. The van der Waals surface area contributed by atoms with Crippen molar-refractivity contribution >= 4 is 39.5 Å². The van der Waals surface area contributed by atoms with Crippen molar-refractivity contribution in [1.29, 1.82) is 0 Å². The van der Waals surface area contributed by atoms with Gasteiger partial charge in [0, 0.05) is 25.7 Å². The Morgan fingerprint density at radius 3 is 0.717 bits per heavy atom. The summed E-state index contributed by atoms with van der Waals surface area (Å²) >= 11 is 0. The lowest BCUT2D eigenvalue weighted by Crippen LogP contribution is -2.30. The summed E-state index contributed by atoms with van der Waals surface area (Å²) in [5, 5.41) is 10.6. The molecule has 0 radical (unpaired) electrons. The molecule has 5 unspecified atom stereocenters. The molecule has 0 aromatic carbocycles. The molecule has 0 spiro atoms. The highest BCUT2D eigenvalue weighted by Gasteiger charge is 2.30. The summed E-state index contributed by atoms with van der Waals surface area (Å²) < 4.78 is 68.7. The van der Waals surface area contributed by atoms with E-state index in [0.717, 1.165) is 120 Å². The molecule has 8 atom stereocenters. The van der Waals surface area contributed by atoms with Gasteiger partial charge in [0.25, 0.3) is 0 Å². The number of carbonyl (C=O) groups excluding carboxylic acids is 4. The highest BCUT2D eigenvalue weighted by atomic mass is 31.2. The molecule has 588 valence electrons. The van der Waals surface area contributed by atoms with E-state index < -0.39 is 97.5 Å². The third-order valence-corrected chi connectivity index (χ3v) is 21.6. The monoisotopic (exact) mass is 1450 g/mol. The Labute approximate surface area is 607 Å². The standard InChI is InChI=1S/C80H156O17P2/c1-9-71(6)57-49-41-33-27-23-19-16-17-21-25-29-36-46-54-62-79(84)96-76(67-91-78(83)61-53-45-39-38-43-51-59-73(8)11-3)69-95-99(88,89)93-65-74(81)64-92-98(86,87)94-68-75(97-80(85)63-55-47-37-31-30-34-42-50-58-72(7)10-2)66-90-77(82)60-52-44-35-28-24-20-15-13-12-14-18-22-26-32-40-48-56-70(4)5/h70-76,81H,9-69H2,1-8H3,(H,86,87)(H,88,89)/t71?,72?,73?,74-,75-,76-/m1/s1. The van der Waals surface area contributed by atoms with E-state index in [1.165, 1.54) is 205 Å². The van der Waals surface area contributed by atoms with Crippen LogP contribution in [0.5, 0.6) is 0 Å². The Morgan fingerprint density at radius 2 is 0.485 bits per heavy atom. The zero-order valence-corrected chi connectivity index (χ0v) is 66.9. The van der Waals surface area contributed by atoms with Crippen LogP contribution in [0.25, 0.3) is 0 Å². The summed E-state index contributed by atoms with van der Waals surface area (Å²) in [6, 6.07) is 0. The number of carbonyl (C=O) groups is 4. The Hall–Kier alpha value is -1.94. The molecule has 0 aromatic heterocycles. The molecule has 0 aliphatic rings. The molecule has 0 bridgehead atoms. The van der Waals surface area contributed by atoms with Gasteiger partial charge in [0.05, 0.1) is 26.4 Å². The van der Waals surface area contributed by atoms with Crippen LogP contribution in [0.4, 0.5) is 0 Å². The van der Waals surface area contributed by atoms with E-state index in [-0.39, 0.29) is 25.7 Å². The lowest BCUT2D eigenvalue weighted by molar-refractivity contribution is -0.161. The maximum Gasteiger partial charge on any atom is 0.472 e. The van der Waals surface area contributed by atoms with Crippen molar-refractivity contribution in [1.82, 2.24) is 0 Å². The van der Waals surface area contributed by atoms with Gasteiger partial charge in [-0.15, -0.1) is 0 Å². The van der Waals surface area contributed by atoms with Crippen LogP contribution in [0.15, 0.2) is 0 Å². The first-order valence-electron chi connectivity index (χ1n) is 41.3. The lowest BCUT2D eigenvalue weighted by Gasteiger charge is -2.21. The fourth-order valence-electron chi connectivity index (χ4n) is 12.2. The number of aliphatic hydroxyl groups excluding tert-OH is 1. The van der Waals surface area contributed by atoms with Crippen LogP contribution in [0.1, 0.15) is 409 Å². The van der Waals surface area contributed by atoms with Crippen LogP contribution in [0, 0.1) is 23.7 Å². The van der Waals surface area contributed by atoms with Crippen LogP contribution >= 0.6 is 15.6 Å². The minimum Gasteiger partial charge on any atom is -0.462 e. The molecule has 0 heterocycles. The molecule has 3 N–H and O–H groups in total. The Balaban J connectivity index is 5.21. The topological polar surface area (TPSA) is 237 Å². The van der Waals surface area contributed by atoms with Gasteiger partial charge in [-0.25, -0.2) is 9.13 Å². The van der Waals surface area contributed by atoms with Gasteiger partial charge in [-0.3, -0.25) is 37.3 Å². The maximum atomic E-state index is 13.1. The number of esters is 4. The Kier molecular flexibility index (Phi) is 67.8. The fraction of sp³-hybridized carbons (Fsp3) is 0.950. The van der Waals surface area contributed by atoms with E-state index in [9.17, 15) is 43.2 Å². The van der Waals surface area contributed by atoms with Crippen molar-refractivity contribution in [3.05, 3.63) is 0 Å². The number of hydrogen-bond donors (Lipinski definition) is 3. The quantitative estimate of drug-likeness (QED) is 0.0222. The minimum atomic E-state index is -4.96. The van der Waals surface area contributed by atoms with Gasteiger partial charge in [0.2, 0.25) is 0 Å². The van der Waals surface area contributed by atoms with Crippen molar-refractivity contribution < 1.29 is 80.2 Å². The number of hydrogen-bond acceptors (Lipinski definition) is 15. The minimum absolute atomic E-state index is 0.105. The predicted molar refractivity (Wildman–Crippen MR) is 404 cm³/mol.